The summed E-state index contributed by atoms with van der Waals surface area (Å²) in [6, 6.07) is 22.0. The van der Waals surface area contributed by atoms with Crippen molar-refractivity contribution in [2.45, 2.75) is 71.4 Å². The molecule has 4 heteroatoms. The molecule has 0 radical (unpaired) electrons. The highest BCUT2D eigenvalue weighted by Crippen LogP contribution is 2.40. The Kier molecular flexibility index (Phi) is 15.2. The number of unbranched alkanes of at least 4 members (excludes halogenated alkanes) is 2. The molecule has 0 aliphatic rings. The van der Waals surface area contributed by atoms with E-state index in [4.69, 9.17) is 0 Å². The molecule has 0 heterocycles. The van der Waals surface area contributed by atoms with E-state index in [1.165, 1.54) is 43.2 Å². The molecule has 0 fully saturated rings. The van der Waals surface area contributed by atoms with Crippen molar-refractivity contribution in [3.8, 4) is 0 Å². The van der Waals surface area contributed by atoms with Crippen molar-refractivity contribution in [3.63, 3.8) is 0 Å². The highest BCUT2D eigenvalue weighted by molar-refractivity contribution is 5.85. The van der Waals surface area contributed by atoms with Crippen LogP contribution < -0.4 is 10.6 Å². The van der Waals surface area contributed by atoms with Crippen molar-refractivity contribution in [3.05, 3.63) is 71.8 Å². The average molecular weight is 468 g/mol. The van der Waals surface area contributed by atoms with Crippen LogP contribution in [-0.2, 0) is 11.8 Å². The summed E-state index contributed by atoms with van der Waals surface area (Å²) in [5.41, 5.74) is 2.99. The summed E-state index contributed by atoms with van der Waals surface area (Å²) in [6.45, 7) is 10.4. The first-order valence-corrected chi connectivity index (χ1v) is 11.5. The van der Waals surface area contributed by atoms with Crippen LogP contribution in [0.25, 0.3) is 0 Å². The summed E-state index contributed by atoms with van der Waals surface area (Å²) in [6.07, 6.45) is 6.43. The molecule has 0 aromatic heterocycles. The number of rotatable bonds is 13. The van der Waals surface area contributed by atoms with Gasteiger partial charge in [0.25, 0.3) is 0 Å². The predicted octanol–water partition coefficient (Wildman–Crippen LogP) is 7.02. The van der Waals surface area contributed by atoms with Crippen LogP contribution in [0.5, 0.6) is 0 Å². The SMILES string of the molecule is CNC(NCC(C)C)C(CCCCCc1ccccc1)(c1ccccc1)C(C)C.Cl.Cl. The topological polar surface area (TPSA) is 24.1 Å². The van der Waals surface area contributed by atoms with Gasteiger partial charge in [0.1, 0.15) is 0 Å². The van der Waals surface area contributed by atoms with E-state index in [9.17, 15) is 0 Å². The van der Waals surface area contributed by atoms with E-state index in [1.54, 1.807) is 0 Å². The number of aryl methyl sites for hydroxylation is 1. The number of benzene rings is 2. The number of hydrogen-bond acceptors (Lipinski definition) is 2. The Morgan fingerprint density at radius 2 is 1.35 bits per heavy atom. The summed E-state index contributed by atoms with van der Waals surface area (Å²) in [5.74, 6) is 1.17. The summed E-state index contributed by atoms with van der Waals surface area (Å²) in [7, 11) is 2.10. The molecule has 0 spiro atoms. The van der Waals surface area contributed by atoms with Gasteiger partial charge in [0.15, 0.2) is 0 Å². The third-order valence-corrected chi connectivity index (χ3v) is 6.27. The van der Waals surface area contributed by atoms with Crippen LogP contribution >= 0.6 is 24.8 Å². The fourth-order valence-corrected chi connectivity index (χ4v) is 4.62. The number of nitrogens with one attached hydrogen (secondary N) is 2. The van der Waals surface area contributed by atoms with Gasteiger partial charge in [0.2, 0.25) is 0 Å². The molecule has 0 aliphatic carbocycles. The Morgan fingerprint density at radius 3 is 1.87 bits per heavy atom. The molecule has 0 saturated heterocycles. The smallest absolute Gasteiger partial charge is 0.0671 e. The molecular weight excluding hydrogens is 423 g/mol. The number of likely N-dealkylation sites (N-methyl/N-ethyl adjacent to an activating group) is 1. The second-order valence-corrected chi connectivity index (χ2v) is 9.13. The zero-order valence-corrected chi connectivity index (χ0v) is 21.7. The van der Waals surface area contributed by atoms with Gasteiger partial charge in [-0.15, -0.1) is 24.8 Å². The van der Waals surface area contributed by atoms with Crippen LogP contribution in [0.4, 0.5) is 0 Å². The first-order valence-electron chi connectivity index (χ1n) is 11.5. The fourth-order valence-electron chi connectivity index (χ4n) is 4.62. The molecule has 0 bridgehead atoms. The third-order valence-electron chi connectivity index (χ3n) is 6.27. The third kappa shape index (κ3) is 8.77. The summed E-state index contributed by atoms with van der Waals surface area (Å²) in [5, 5.41) is 7.48. The van der Waals surface area contributed by atoms with E-state index < -0.39 is 0 Å². The van der Waals surface area contributed by atoms with Crippen molar-refractivity contribution < 1.29 is 0 Å². The lowest BCUT2D eigenvalue weighted by Crippen LogP contribution is -2.59. The van der Waals surface area contributed by atoms with Gasteiger partial charge in [-0.2, -0.15) is 0 Å². The second kappa shape index (κ2) is 15.7. The maximum Gasteiger partial charge on any atom is 0.0671 e. The molecule has 0 saturated carbocycles. The van der Waals surface area contributed by atoms with Crippen molar-refractivity contribution in [2.24, 2.45) is 11.8 Å². The summed E-state index contributed by atoms with van der Waals surface area (Å²) < 4.78 is 0. The molecule has 2 nitrogen and oxygen atoms in total. The minimum atomic E-state index is 0. The number of halogens is 2. The summed E-state index contributed by atoms with van der Waals surface area (Å²) in [4.78, 5) is 0. The van der Waals surface area contributed by atoms with Crippen LogP contribution in [0.3, 0.4) is 0 Å². The highest BCUT2D eigenvalue weighted by atomic mass is 35.5. The maximum absolute atomic E-state index is 3.85. The molecule has 31 heavy (non-hydrogen) atoms. The minimum absolute atomic E-state index is 0. The Bertz CT molecular complexity index is 676. The quantitative estimate of drug-likeness (QED) is 0.244. The van der Waals surface area contributed by atoms with Gasteiger partial charge in [-0.1, -0.05) is 101 Å². The van der Waals surface area contributed by atoms with Crippen LogP contribution in [0, 0.1) is 11.8 Å². The average Bonchev–Trinajstić information content (AvgIpc) is 2.73. The van der Waals surface area contributed by atoms with Gasteiger partial charge in [0, 0.05) is 5.41 Å². The van der Waals surface area contributed by atoms with Crippen molar-refractivity contribution in [1.29, 1.82) is 0 Å². The van der Waals surface area contributed by atoms with Gasteiger partial charge in [0.05, 0.1) is 6.17 Å². The zero-order valence-electron chi connectivity index (χ0n) is 20.1. The highest BCUT2D eigenvalue weighted by Gasteiger charge is 2.41. The zero-order chi connectivity index (χ0) is 21.1. The Balaban J connectivity index is 0.00000450. The van der Waals surface area contributed by atoms with Crippen LogP contribution in [0.2, 0.25) is 0 Å². The van der Waals surface area contributed by atoms with Crippen LogP contribution in [-0.4, -0.2) is 19.8 Å². The van der Waals surface area contributed by atoms with Gasteiger partial charge in [-0.25, -0.2) is 0 Å². The van der Waals surface area contributed by atoms with Gasteiger partial charge in [-0.3, -0.25) is 0 Å². The van der Waals surface area contributed by atoms with Crippen LogP contribution in [0.1, 0.15) is 64.5 Å². The van der Waals surface area contributed by atoms with Gasteiger partial charge in [-0.05, 0) is 55.8 Å². The fraction of sp³-hybridized carbons (Fsp3) is 0.556. The van der Waals surface area contributed by atoms with E-state index in [1.807, 2.05) is 0 Å². The molecule has 0 aliphatic heterocycles. The summed E-state index contributed by atoms with van der Waals surface area (Å²) >= 11 is 0. The molecule has 2 aromatic carbocycles. The van der Waals surface area contributed by atoms with E-state index in [-0.39, 0.29) is 36.4 Å². The van der Waals surface area contributed by atoms with E-state index >= 15 is 0 Å². The standard InChI is InChI=1S/C27H42N2.2ClH/c1-22(2)21-29-26(28-5)27(23(3)4,25-18-12-7-13-19-25)20-14-8-11-17-24-15-9-6-10-16-24;;/h6-7,9-10,12-13,15-16,18-19,22-23,26,28-29H,8,11,14,17,20-21H2,1-5H3;2*1H. The van der Waals surface area contributed by atoms with Gasteiger partial charge >= 0.3 is 0 Å². The Morgan fingerprint density at radius 1 is 0.774 bits per heavy atom. The Labute approximate surface area is 203 Å². The van der Waals surface area contributed by atoms with Crippen LogP contribution in [0.15, 0.2) is 60.7 Å². The molecular formula is C27H44Cl2N2. The van der Waals surface area contributed by atoms with E-state index in [0.717, 1.165) is 6.54 Å². The largest absolute Gasteiger partial charge is 0.304 e. The van der Waals surface area contributed by atoms with Gasteiger partial charge < -0.3 is 10.6 Å². The first-order chi connectivity index (χ1) is 14.0. The molecule has 2 aromatic rings. The lowest BCUT2D eigenvalue weighted by atomic mass is 9.66. The monoisotopic (exact) mass is 466 g/mol. The molecule has 176 valence electrons. The lowest BCUT2D eigenvalue weighted by molar-refractivity contribution is 0.169. The normalized spacial score (nSPS) is 13.9. The van der Waals surface area contributed by atoms with Crippen molar-refractivity contribution in [2.75, 3.05) is 13.6 Å². The molecule has 2 rings (SSSR count). The van der Waals surface area contributed by atoms with Crippen molar-refractivity contribution >= 4 is 24.8 Å². The first kappa shape index (κ1) is 29.9. The number of hydrogen-bond donors (Lipinski definition) is 2. The molecule has 0 amide bonds. The maximum atomic E-state index is 3.85. The second-order valence-electron chi connectivity index (χ2n) is 9.13. The minimum Gasteiger partial charge on any atom is -0.304 e. The van der Waals surface area contributed by atoms with Crippen molar-refractivity contribution in [1.82, 2.24) is 10.6 Å². The lowest BCUT2D eigenvalue weighted by Gasteiger charge is -2.45. The predicted molar refractivity (Wildman–Crippen MR) is 142 cm³/mol. The molecule has 2 unspecified atom stereocenters. The Hall–Kier alpha value is -1.06. The molecule has 2 atom stereocenters. The van der Waals surface area contributed by atoms with E-state index in [2.05, 4.69) is 106 Å². The van der Waals surface area contributed by atoms with E-state index in [0.29, 0.717) is 11.8 Å². The molecule has 2 N–H and O–H groups in total.